The van der Waals surface area contributed by atoms with Gasteiger partial charge >= 0.3 is 0 Å². The second-order valence-electron chi connectivity index (χ2n) is 4.16. The number of nitrogens with one attached hydrogen (secondary N) is 1. The van der Waals surface area contributed by atoms with Gasteiger partial charge in [-0.2, -0.15) is 0 Å². The third kappa shape index (κ3) is 3.01. The summed E-state index contributed by atoms with van der Waals surface area (Å²) in [6, 6.07) is 0.326. The summed E-state index contributed by atoms with van der Waals surface area (Å²) in [5, 5.41) is 2.88. The Hall–Kier alpha value is -1.56. The molecule has 1 amide bonds. The van der Waals surface area contributed by atoms with Gasteiger partial charge in [0.05, 0.1) is 13.4 Å². The van der Waals surface area contributed by atoms with Crippen LogP contribution in [0.3, 0.4) is 0 Å². The predicted molar refractivity (Wildman–Crippen MR) is 65.8 cm³/mol. The van der Waals surface area contributed by atoms with Crippen molar-refractivity contribution in [2.75, 3.05) is 7.11 Å². The van der Waals surface area contributed by atoms with Crippen LogP contribution in [0.25, 0.3) is 0 Å². The molecule has 0 aliphatic heterocycles. The van der Waals surface area contributed by atoms with Gasteiger partial charge in [-0.05, 0) is 12.8 Å². The molecule has 18 heavy (non-hydrogen) atoms. The average Bonchev–Trinajstić information content (AvgIpc) is 3.12. The summed E-state index contributed by atoms with van der Waals surface area (Å²) < 4.78 is 6.19. The van der Waals surface area contributed by atoms with Crippen LogP contribution in [0.5, 0.6) is 5.75 Å². The first-order chi connectivity index (χ1) is 8.61. The predicted octanol–water partition coefficient (Wildman–Crippen LogP) is 0.574. The first kappa shape index (κ1) is 12.9. The minimum Gasteiger partial charge on any atom is -0.489 e. The van der Waals surface area contributed by atoms with Crippen LogP contribution in [0, 0.1) is 0 Å². The van der Waals surface area contributed by atoms with Gasteiger partial charge in [-0.1, -0.05) is 11.6 Å². The number of carbonyl (C=O) groups excluding carboxylic acids is 1. The molecule has 6 nitrogen and oxygen atoms in total. The molecule has 0 spiro atoms. The number of nitrogens with zero attached hydrogens (tertiary/aromatic N) is 2. The quantitative estimate of drug-likeness (QED) is 0.795. The molecule has 0 aromatic carbocycles. The monoisotopic (exact) mass is 271 g/mol. The topological polar surface area (TPSA) is 73.2 Å². The molecule has 0 atom stereocenters. The minimum absolute atomic E-state index is 0.00164. The molecule has 1 aromatic heterocycles. The van der Waals surface area contributed by atoms with E-state index in [-0.39, 0.29) is 35.3 Å². The maximum absolute atomic E-state index is 11.8. The van der Waals surface area contributed by atoms with Gasteiger partial charge in [0.25, 0.3) is 5.56 Å². The fraction of sp³-hybridized carbons (Fsp3) is 0.545. The summed E-state index contributed by atoms with van der Waals surface area (Å²) in [5.41, 5.74) is -0.378. The van der Waals surface area contributed by atoms with Crippen LogP contribution in [-0.4, -0.2) is 28.6 Å². The third-order valence-electron chi connectivity index (χ3n) is 2.68. The summed E-state index contributed by atoms with van der Waals surface area (Å²) >= 11 is 5.71. The highest BCUT2D eigenvalue weighted by molar-refractivity contribution is 6.30. The third-order valence-corrected chi connectivity index (χ3v) is 2.95. The molecule has 7 heteroatoms. The number of ether oxygens (including phenoxy) is 1. The number of hydrogen-bond donors (Lipinski definition) is 1. The zero-order valence-corrected chi connectivity index (χ0v) is 10.7. The van der Waals surface area contributed by atoms with E-state index in [1.165, 1.54) is 18.0 Å². The highest BCUT2D eigenvalue weighted by Crippen LogP contribution is 2.18. The number of carbonyl (C=O) groups is 1. The molecule has 1 saturated carbocycles. The van der Waals surface area contributed by atoms with Gasteiger partial charge < -0.3 is 10.1 Å². The van der Waals surface area contributed by atoms with E-state index in [0.29, 0.717) is 6.04 Å². The number of halogens is 1. The van der Waals surface area contributed by atoms with Crippen molar-refractivity contribution in [3.63, 3.8) is 0 Å². The van der Waals surface area contributed by atoms with Crippen molar-refractivity contribution in [3.05, 3.63) is 21.8 Å². The Kier molecular flexibility index (Phi) is 3.86. The maximum atomic E-state index is 11.8. The van der Waals surface area contributed by atoms with Crippen LogP contribution in [0.4, 0.5) is 0 Å². The van der Waals surface area contributed by atoms with Crippen molar-refractivity contribution >= 4 is 17.5 Å². The van der Waals surface area contributed by atoms with Gasteiger partial charge in [-0.15, -0.1) is 0 Å². The summed E-state index contributed by atoms with van der Waals surface area (Å²) in [6.45, 7) is 0.262. The Morgan fingerprint density at radius 2 is 2.39 bits per heavy atom. The number of rotatable bonds is 5. The van der Waals surface area contributed by atoms with E-state index in [0.717, 1.165) is 12.8 Å². The van der Waals surface area contributed by atoms with E-state index >= 15 is 0 Å². The molecule has 2 rings (SSSR count). The molecule has 1 fully saturated rings. The lowest BCUT2D eigenvalue weighted by molar-refractivity contribution is -0.121. The minimum atomic E-state index is -0.378. The zero-order chi connectivity index (χ0) is 13.1. The SMILES string of the molecule is COc1c(Cl)ncn(CCC(=O)NC2CC2)c1=O. The summed E-state index contributed by atoms with van der Waals surface area (Å²) in [7, 11) is 1.36. The van der Waals surface area contributed by atoms with Crippen molar-refractivity contribution in [3.8, 4) is 5.75 Å². The summed E-state index contributed by atoms with van der Waals surface area (Å²) in [5.74, 6) is -0.0555. The molecule has 0 unspecified atom stereocenters. The van der Waals surface area contributed by atoms with Gasteiger partial charge in [0.1, 0.15) is 0 Å². The van der Waals surface area contributed by atoms with E-state index in [9.17, 15) is 9.59 Å². The molecule has 1 aliphatic carbocycles. The average molecular weight is 272 g/mol. The standard InChI is InChI=1S/C11H14ClN3O3/c1-18-9-10(12)13-6-15(11(9)17)5-4-8(16)14-7-2-3-7/h6-7H,2-5H2,1H3,(H,14,16). The van der Waals surface area contributed by atoms with Gasteiger partial charge in [0.2, 0.25) is 11.7 Å². The Balaban J connectivity index is 2.00. The molecule has 1 heterocycles. The second kappa shape index (κ2) is 5.39. The van der Waals surface area contributed by atoms with Crippen LogP contribution in [0.15, 0.2) is 11.1 Å². The van der Waals surface area contributed by atoms with E-state index in [4.69, 9.17) is 16.3 Å². The highest BCUT2D eigenvalue weighted by atomic mass is 35.5. The summed E-state index contributed by atoms with van der Waals surface area (Å²) in [4.78, 5) is 27.2. The molecule has 1 N–H and O–H groups in total. The van der Waals surface area contributed by atoms with Gasteiger partial charge in [0.15, 0.2) is 5.15 Å². The lowest BCUT2D eigenvalue weighted by Crippen LogP contribution is -2.29. The van der Waals surface area contributed by atoms with Crippen LogP contribution in [0.1, 0.15) is 19.3 Å². The molecule has 1 aliphatic rings. The van der Waals surface area contributed by atoms with Gasteiger partial charge in [-0.3, -0.25) is 14.2 Å². The van der Waals surface area contributed by atoms with Crippen molar-refractivity contribution in [2.45, 2.75) is 31.8 Å². The maximum Gasteiger partial charge on any atom is 0.297 e. The lowest BCUT2D eigenvalue weighted by Gasteiger charge is -2.08. The highest BCUT2D eigenvalue weighted by Gasteiger charge is 2.23. The Bertz CT molecular complexity index is 511. The van der Waals surface area contributed by atoms with Crippen LogP contribution in [0.2, 0.25) is 5.15 Å². The molecule has 0 saturated heterocycles. The Morgan fingerprint density at radius 1 is 1.67 bits per heavy atom. The number of hydrogen-bond acceptors (Lipinski definition) is 4. The summed E-state index contributed by atoms with van der Waals surface area (Å²) in [6.07, 6.45) is 3.64. The molecule has 1 aromatic rings. The van der Waals surface area contributed by atoms with Crippen LogP contribution >= 0.6 is 11.6 Å². The fourth-order valence-corrected chi connectivity index (χ4v) is 1.73. The molecular formula is C11H14ClN3O3. The number of methoxy groups -OCH3 is 1. The zero-order valence-electron chi connectivity index (χ0n) is 9.98. The molecule has 98 valence electrons. The first-order valence-corrected chi connectivity index (χ1v) is 6.08. The number of aromatic nitrogens is 2. The normalized spacial score (nSPS) is 14.3. The second-order valence-corrected chi connectivity index (χ2v) is 4.52. The van der Waals surface area contributed by atoms with Crippen LogP contribution < -0.4 is 15.6 Å². The van der Waals surface area contributed by atoms with E-state index in [2.05, 4.69) is 10.3 Å². The van der Waals surface area contributed by atoms with Gasteiger partial charge in [-0.25, -0.2) is 4.98 Å². The number of aryl methyl sites for hydroxylation is 1. The Morgan fingerprint density at radius 3 is 3.00 bits per heavy atom. The van der Waals surface area contributed by atoms with E-state index in [1.54, 1.807) is 0 Å². The molecule has 0 radical (unpaired) electrons. The van der Waals surface area contributed by atoms with Crippen molar-refractivity contribution in [1.29, 1.82) is 0 Å². The van der Waals surface area contributed by atoms with E-state index in [1.807, 2.05) is 0 Å². The van der Waals surface area contributed by atoms with Crippen molar-refractivity contribution in [2.24, 2.45) is 0 Å². The molecular weight excluding hydrogens is 258 g/mol. The van der Waals surface area contributed by atoms with Gasteiger partial charge in [0, 0.05) is 19.0 Å². The van der Waals surface area contributed by atoms with Crippen molar-refractivity contribution < 1.29 is 9.53 Å². The Labute approximate surface area is 109 Å². The molecule has 0 bridgehead atoms. The van der Waals surface area contributed by atoms with E-state index < -0.39 is 0 Å². The number of amides is 1. The van der Waals surface area contributed by atoms with Crippen LogP contribution in [-0.2, 0) is 11.3 Å². The lowest BCUT2D eigenvalue weighted by atomic mass is 10.4. The fourth-order valence-electron chi connectivity index (χ4n) is 1.53. The first-order valence-electron chi connectivity index (χ1n) is 5.70. The van der Waals surface area contributed by atoms with Crippen molar-refractivity contribution in [1.82, 2.24) is 14.9 Å². The largest absolute Gasteiger partial charge is 0.489 e. The smallest absolute Gasteiger partial charge is 0.297 e.